The molecule has 132 valence electrons. The topological polar surface area (TPSA) is 58.6 Å². The van der Waals surface area contributed by atoms with E-state index in [2.05, 4.69) is 5.32 Å². The van der Waals surface area contributed by atoms with Gasteiger partial charge in [0, 0.05) is 31.3 Å². The smallest absolute Gasteiger partial charge is 0.251 e. The van der Waals surface area contributed by atoms with Gasteiger partial charge in [0.05, 0.1) is 7.11 Å². The third kappa shape index (κ3) is 4.59. The van der Waals surface area contributed by atoms with Gasteiger partial charge < -0.3 is 15.0 Å². The Bertz CT molecular complexity index is 734. The molecule has 0 spiro atoms. The number of benzene rings is 2. The molecule has 2 amide bonds. The molecule has 5 heteroatoms. The first-order chi connectivity index (χ1) is 11.9. The molecule has 0 aliphatic carbocycles. The Morgan fingerprint density at radius 1 is 1.04 bits per heavy atom. The molecule has 0 fully saturated rings. The maximum Gasteiger partial charge on any atom is 0.251 e. The molecule has 0 aliphatic heterocycles. The molecule has 0 unspecified atom stereocenters. The average Bonchev–Trinajstić information content (AvgIpc) is 2.59. The number of rotatable bonds is 6. The minimum absolute atomic E-state index is 0.0453. The predicted octanol–water partition coefficient (Wildman–Crippen LogP) is 3.09. The highest BCUT2D eigenvalue weighted by Gasteiger charge is 2.16. The lowest BCUT2D eigenvalue weighted by atomic mass is 10.1. The molecule has 5 nitrogen and oxygen atoms in total. The van der Waals surface area contributed by atoms with Crippen LogP contribution in [0.25, 0.3) is 0 Å². The van der Waals surface area contributed by atoms with Crippen LogP contribution in [0.4, 0.5) is 5.69 Å². The molecule has 0 radical (unpaired) electrons. The normalized spacial score (nSPS) is 10.2. The van der Waals surface area contributed by atoms with Crippen molar-refractivity contribution in [2.75, 3.05) is 25.1 Å². The fraction of sp³-hybridized carbons (Fsp3) is 0.300. The summed E-state index contributed by atoms with van der Waals surface area (Å²) in [6.45, 7) is 6.29. The van der Waals surface area contributed by atoms with Crippen molar-refractivity contribution < 1.29 is 14.3 Å². The molecule has 2 rings (SSSR count). The minimum Gasteiger partial charge on any atom is -0.497 e. The molecule has 0 heterocycles. The highest BCUT2D eigenvalue weighted by atomic mass is 16.5. The standard InChI is InChI=1S/C20H24N2O3/c1-14-6-5-7-15(2)19(14)22(16(3)23)13-12-21-20(24)17-8-10-18(25-4)11-9-17/h5-11H,12-13H2,1-4H3,(H,21,24). The van der Waals surface area contributed by atoms with E-state index >= 15 is 0 Å². The Morgan fingerprint density at radius 2 is 1.64 bits per heavy atom. The molecule has 0 saturated carbocycles. The third-order valence-corrected chi connectivity index (χ3v) is 4.06. The van der Waals surface area contributed by atoms with Crippen molar-refractivity contribution in [1.29, 1.82) is 0 Å². The van der Waals surface area contributed by atoms with Crippen molar-refractivity contribution in [2.24, 2.45) is 0 Å². The monoisotopic (exact) mass is 340 g/mol. The molecular weight excluding hydrogens is 316 g/mol. The number of ether oxygens (including phenoxy) is 1. The zero-order chi connectivity index (χ0) is 18.4. The summed E-state index contributed by atoms with van der Waals surface area (Å²) in [5.41, 5.74) is 3.55. The van der Waals surface area contributed by atoms with E-state index in [9.17, 15) is 9.59 Å². The Kier molecular flexibility index (Phi) is 6.17. The zero-order valence-corrected chi connectivity index (χ0v) is 15.1. The molecule has 0 aromatic heterocycles. The second-order valence-corrected chi connectivity index (χ2v) is 5.90. The highest BCUT2D eigenvalue weighted by Crippen LogP contribution is 2.24. The van der Waals surface area contributed by atoms with E-state index in [0.29, 0.717) is 24.4 Å². The van der Waals surface area contributed by atoms with Crippen LogP contribution in [0.2, 0.25) is 0 Å². The third-order valence-electron chi connectivity index (χ3n) is 4.06. The molecule has 0 saturated heterocycles. The van der Waals surface area contributed by atoms with Gasteiger partial charge in [-0.3, -0.25) is 9.59 Å². The van der Waals surface area contributed by atoms with Gasteiger partial charge in [0.1, 0.15) is 5.75 Å². The van der Waals surface area contributed by atoms with Gasteiger partial charge in [-0.05, 0) is 49.2 Å². The van der Waals surface area contributed by atoms with Crippen molar-refractivity contribution in [3.8, 4) is 5.75 Å². The van der Waals surface area contributed by atoms with Crippen molar-refractivity contribution in [3.05, 3.63) is 59.2 Å². The summed E-state index contributed by atoms with van der Waals surface area (Å²) < 4.78 is 5.08. The van der Waals surface area contributed by atoms with Gasteiger partial charge in [-0.15, -0.1) is 0 Å². The summed E-state index contributed by atoms with van der Waals surface area (Å²) in [6, 6.07) is 12.8. The van der Waals surface area contributed by atoms with Gasteiger partial charge in [0.15, 0.2) is 0 Å². The maximum atomic E-state index is 12.2. The second kappa shape index (κ2) is 8.33. The van der Waals surface area contributed by atoms with E-state index in [4.69, 9.17) is 4.74 Å². The number of amides is 2. The van der Waals surface area contributed by atoms with Crippen LogP contribution < -0.4 is 15.0 Å². The van der Waals surface area contributed by atoms with Crippen molar-refractivity contribution in [1.82, 2.24) is 5.32 Å². The number of nitrogens with zero attached hydrogens (tertiary/aromatic N) is 1. The Hall–Kier alpha value is -2.82. The van der Waals surface area contributed by atoms with Crippen LogP contribution in [0.15, 0.2) is 42.5 Å². The van der Waals surface area contributed by atoms with Gasteiger partial charge in [-0.1, -0.05) is 18.2 Å². The first kappa shape index (κ1) is 18.5. The Labute approximate surface area is 148 Å². The first-order valence-corrected chi connectivity index (χ1v) is 8.20. The van der Waals surface area contributed by atoms with Crippen LogP contribution in [0.3, 0.4) is 0 Å². The number of anilines is 1. The van der Waals surface area contributed by atoms with E-state index < -0.39 is 0 Å². The van der Waals surface area contributed by atoms with Crippen molar-refractivity contribution >= 4 is 17.5 Å². The van der Waals surface area contributed by atoms with E-state index in [-0.39, 0.29) is 11.8 Å². The molecule has 0 atom stereocenters. The van der Waals surface area contributed by atoms with E-state index in [1.54, 1.807) is 36.3 Å². The second-order valence-electron chi connectivity index (χ2n) is 5.90. The maximum absolute atomic E-state index is 12.2. The van der Waals surface area contributed by atoms with Crippen molar-refractivity contribution in [3.63, 3.8) is 0 Å². The lowest BCUT2D eigenvalue weighted by Gasteiger charge is -2.25. The number of carbonyl (C=O) groups excluding carboxylic acids is 2. The van der Waals surface area contributed by atoms with E-state index in [1.165, 1.54) is 6.92 Å². The number of carbonyl (C=O) groups is 2. The van der Waals surface area contributed by atoms with Crippen LogP contribution in [0.5, 0.6) is 5.75 Å². The van der Waals surface area contributed by atoms with Gasteiger partial charge >= 0.3 is 0 Å². The largest absolute Gasteiger partial charge is 0.497 e. The SMILES string of the molecule is COc1ccc(C(=O)NCCN(C(C)=O)c2c(C)cccc2C)cc1. The van der Waals surface area contributed by atoms with Crippen LogP contribution in [-0.2, 0) is 4.79 Å². The zero-order valence-electron chi connectivity index (χ0n) is 15.1. The van der Waals surface area contributed by atoms with Gasteiger partial charge in [0.2, 0.25) is 5.91 Å². The molecule has 1 N–H and O–H groups in total. The molecule has 0 bridgehead atoms. The highest BCUT2D eigenvalue weighted by molar-refractivity contribution is 5.95. The molecule has 25 heavy (non-hydrogen) atoms. The predicted molar refractivity (Wildman–Crippen MR) is 99.3 cm³/mol. The summed E-state index contributed by atoms with van der Waals surface area (Å²) in [5.74, 6) is 0.484. The Balaban J connectivity index is 2.02. The van der Waals surface area contributed by atoms with Crippen LogP contribution >= 0.6 is 0 Å². The van der Waals surface area contributed by atoms with E-state index in [0.717, 1.165) is 16.8 Å². The number of hydrogen-bond donors (Lipinski definition) is 1. The van der Waals surface area contributed by atoms with Crippen molar-refractivity contribution in [2.45, 2.75) is 20.8 Å². The average molecular weight is 340 g/mol. The summed E-state index contributed by atoms with van der Waals surface area (Å²) in [5, 5.41) is 2.86. The fourth-order valence-corrected chi connectivity index (χ4v) is 2.78. The van der Waals surface area contributed by atoms with Gasteiger partial charge in [-0.25, -0.2) is 0 Å². The summed E-state index contributed by atoms with van der Waals surface area (Å²) in [4.78, 5) is 26.0. The minimum atomic E-state index is -0.173. The summed E-state index contributed by atoms with van der Waals surface area (Å²) in [7, 11) is 1.58. The Morgan fingerprint density at radius 3 is 2.16 bits per heavy atom. The molecular formula is C20H24N2O3. The fourth-order valence-electron chi connectivity index (χ4n) is 2.78. The summed E-state index contributed by atoms with van der Waals surface area (Å²) >= 11 is 0. The summed E-state index contributed by atoms with van der Waals surface area (Å²) in [6.07, 6.45) is 0. The van der Waals surface area contributed by atoms with E-state index in [1.807, 2.05) is 32.0 Å². The molecule has 2 aromatic rings. The number of nitrogens with one attached hydrogen (secondary N) is 1. The number of para-hydroxylation sites is 1. The quantitative estimate of drug-likeness (QED) is 0.879. The lowest BCUT2D eigenvalue weighted by Crippen LogP contribution is -2.38. The molecule has 0 aliphatic rings. The number of aryl methyl sites for hydroxylation is 2. The van der Waals surface area contributed by atoms with Gasteiger partial charge in [-0.2, -0.15) is 0 Å². The van der Waals surface area contributed by atoms with Crippen LogP contribution in [0.1, 0.15) is 28.4 Å². The van der Waals surface area contributed by atoms with Crippen LogP contribution in [-0.4, -0.2) is 32.0 Å². The molecule has 2 aromatic carbocycles. The number of methoxy groups -OCH3 is 1. The van der Waals surface area contributed by atoms with Gasteiger partial charge in [0.25, 0.3) is 5.91 Å². The first-order valence-electron chi connectivity index (χ1n) is 8.20. The lowest BCUT2D eigenvalue weighted by molar-refractivity contribution is -0.116. The van der Waals surface area contributed by atoms with Crippen LogP contribution in [0, 0.1) is 13.8 Å². The number of hydrogen-bond acceptors (Lipinski definition) is 3.